The van der Waals surface area contributed by atoms with E-state index in [-0.39, 0.29) is 5.92 Å². The highest BCUT2D eigenvalue weighted by Crippen LogP contribution is 2.09. The molecular formula is C16H31N5O. The molecular weight excluding hydrogens is 278 g/mol. The highest BCUT2D eigenvalue weighted by atomic mass is 16.5. The van der Waals surface area contributed by atoms with Gasteiger partial charge in [-0.2, -0.15) is 4.98 Å². The number of aliphatic imine (C=N–C) groups is 1. The van der Waals surface area contributed by atoms with Gasteiger partial charge in [0, 0.05) is 25.4 Å². The Morgan fingerprint density at radius 3 is 2.64 bits per heavy atom. The second-order valence-electron chi connectivity index (χ2n) is 5.91. The number of guanidine groups is 1. The molecule has 22 heavy (non-hydrogen) atoms. The molecule has 0 atom stereocenters. The van der Waals surface area contributed by atoms with Gasteiger partial charge in [0.05, 0.1) is 0 Å². The van der Waals surface area contributed by atoms with Gasteiger partial charge in [-0.3, -0.25) is 4.99 Å². The summed E-state index contributed by atoms with van der Waals surface area (Å²) in [4.78, 5) is 8.64. The summed E-state index contributed by atoms with van der Waals surface area (Å²) in [6.45, 7) is 7.77. The quantitative estimate of drug-likeness (QED) is 0.372. The molecule has 0 aliphatic heterocycles. The Bertz CT molecular complexity index is 428. The maximum atomic E-state index is 5.83. The van der Waals surface area contributed by atoms with Crippen molar-refractivity contribution >= 4 is 5.96 Å². The third kappa shape index (κ3) is 8.00. The van der Waals surface area contributed by atoms with Crippen molar-refractivity contribution in [3.8, 4) is 0 Å². The van der Waals surface area contributed by atoms with E-state index in [0.717, 1.165) is 18.8 Å². The molecule has 0 aliphatic carbocycles. The fraction of sp³-hybridized carbons (Fsp3) is 0.812. The summed E-state index contributed by atoms with van der Waals surface area (Å²) in [6, 6.07) is 0. The zero-order valence-corrected chi connectivity index (χ0v) is 14.3. The fourth-order valence-corrected chi connectivity index (χ4v) is 2.05. The monoisotopic (exact) mass is 309 g/mol. The Morgan fingerprint density at radius 1 is 1.23 bits per heavy atom. The molecule has 6 heteroatoms. The van der Waals surface area contributed by atoms with Crippen LogP contribution in [0.15, 0.2) is 9.52 Å². The smallest absolute Gasteiger partial charge is 0.228 e. The molecule has 0 radical (unpaired) electrons. The first kappa shape index (κ1) is 18.5. The molecule has 0 fully saturated rings. The van der Waals surface area contributed by atoms with E-state index in [1.165, 1.54) is 32.1 Å². The van der Waals surface area contributed by atoms with Crippen LogP contribution >= 0.6 is 0 Å². The molecule has 0 amide bonds. The number of hydrogen-bond acceptors (Lipinski definition) is 4. The number of nitrogens with one attached hydrogen (secondary N) is 1. The van der Waals surface area contributed by atoms with Gasteiger partial charge in [-0.1, -0.05) is 58.0 Å². The van der Waals surface area contributed by atoms with Crippen molar-refractivity contribution in [3.63, 3.8) is 0 Å². The molecule has 1 aromatic heterocycles. The largest absolute Gasteiger partial charge is 0.370 e. The minimum Gasteiger partial charge on any atom is -0.370 e. The van der Waals surface area contributed by atoms with Crippen molar-refractivity contribution in [1.82, 2.24) is 15.5 Å². The first-order chi connectivity index (χ1) is 10.6. The van der Waals surface area contributed by atoms with Crippen molar-refractivity contribution in [2.75, 3.05) is 13.1 Å². The van der Waals surface area contributed by atoms with E-state index in [9.17, 15) is 0 Å². The van der Waals surface area contributed by atoms with Gasteiger partial charge in [-0.05, 0) is 6.42 Å². The van der Waals surface area contributed by atoms with Gasteiger partial charge in [0.15, 0.2) is 11.8 Å². The zero-order valence-electron chi connectivity index (χ0n) is 14.3. The SMILES string of the molecule is CCCCCCCCN=C(N)NCCc1nc(C(C)C)no1. The molecule has 126 valence electrons. The highest BCUT2D eigenvalue weighted by Gasteiger charge is 2.08. The molecule has 0 aromatic carbocycles. The number of hydrogen-bond donors (Lipinski definition) is 2. The van der Waals surface area contributed by atoms with Gasteiger partial charge in [0.25, 0.3) is 0 Å². The van der Waals surface area contributed by atoms with E-state index in [1.54, 1.807) is 0 Å². The van der Waals surface area contributed by atoms with Gasteiger partial charge < -0.3 is 15.6 Å². The first-order valence-corrected chi connectivity index (χ1v) is 8.49. The lowest BCUT2D eigenvalue weighted by Gasteiger charge is -2.03. The molecule has 1 rings (SSSR count). The lowest BCUT2D eigenvalue weighted by atomic mass is 10.1. The molecule has 0 aliphatic rings. The van der Waals surface area contributed by atoms with E-state index in [2.05, 4.69) is 27.4 Å². The third-order valence-electron chi connectivity index (χ3n) is 3.44. The van der Waals surface area contributed by atoms with Crippen molar-refractivity contribution in [1.29, 1.82) is 0 Å². The summed E-state index contributed by atoms with van der Waals surface area (Å²) in [5.41, 5.74) is 5.83. The number of unbranched alkanes of at least 4 members (excludes halogenated alkanes) is 5. The summed E-state index contributed by atoms with van der Waals surface area (Å²) < 4.78 is 5.17. The molecule has 3 N–H and O–H groups in total. The van der Waals surface area contributed by atoms with Gasteiger partial charge in [-0.25, -0.2) is 0 Å². The topological polar surface area (TPSA) is 89.3 Å². The van der Waals surface area contributed by atoms with Crippen LogP contribution in [0.3, 0.4) is 0 Å². The highest BCUT2D eigenvalue weighted by molar-refractivity contribution is 5.77. The van der Waals surface area contributed by atoms with E-state index in [4.69, 9.17) is 10.3 Å². The van der Waals surface area contributed by atoms with E-state index >= 15 is 0 Å². The van der Waals surface area contributed by atoms with E-state index in [1.807, 2.05) is 13.8 Å². The number of aromatic nitrogens is 2. The molecule has 0 saturated heterocycles. The minimum atomic E-state index is 0.286. The molecule has 1 heterocycles. The Hall–Kier alpha value is -1.59. The van der Waals surface area contributed by atoms with E-state index < -0.39 is 0 Å². The predicted octanol–water partition coefficient (Wildman–Crippen LogP) is 3.00. The van der Waals surface area contributed by atoms with Crippen LogP contribution in [-0.4, -0.2) is 29.2 Å². The molecule has 6 nitrogen and oxygen atoms in total. The van der Waals surface area contributed by atoms with Crippen LogP contribution in [-0.2, 0) is 6.42 Å². The summed E-state index contributed by atoms with van der Waals surface area (Å²) in [7, 11) is 0. The summed E-state index contributed by atoms with van der Waals surface area (Å²) in [6.07, 6.45) is 8.24. The van der Waals surface area contributed by atoms with Crippen LogP contribution in [0.5, 0.6) is 0 Å². The molecule has 0 saturated carbocycles. The number of nitrogens with two attached hydrogens (primary N) is 1. The van der Waals surface area contributed by atoms with Crippen LogP contribution in [0.25, 0.3) is 0 Å². The normalized spacial score (nSPS) is 12.1. The van der Waals surface area contributed by atoms with Crippen LogP contribution in [0.1, 0.15) is 76.9 Å². The Labute approximate surface area is 134 Å². The maximum absolute atomic E-state index is 5.83. The Balaban J connectivity index is 2.09. The Kier molecular flexibility index (Phi) is 9.26. The average molecular weight is 309 g/mol. The lowest BCUT2D eigenvalue weighted by Crippen LogP contribution is -2.33. The summed E-state index contributed by atoms with van der Waals surface area (Å²) >= 11 is 0. The molecule has 0 bridgehead atoms. The average Bonchev–Trinajstić information content (AvgIpc) is 2.95. The van der Waals surface area contributed by atoms with Crippen LogP contribution in [0.4, 0.5) is 0 Å². The van der Waals surface area contributed by atoms with Crippen molar-refractivity contribution < 1.29 is 4.52 Å². The van der Waals surface area contributed by atoms with Gasteiger partial charge in [-0.15, -0.1) is 0 Å². The van der Waals surface area contributed by atoms with Gasteiger partial charge >= 0.3 is 0 Å². The van der Waals surface area contributed by atoms with Crippen LogP contribution < -0.4 is 11.1 Å². The third-order valence-corrected chi connectivity index (χ3v) is 3.44. The lowest BCUT2D eigenvalue weighted by molar-refractivity contribution is 0.371. The van der Waals surface area contributed by atoms with Crippen molar-refractivity contribution in [2.24, 2.45) is 10.7 Å². The number of nitrogens with zero attached hydrogens (tertiary/aromatic N) is 3. The standard InChI is InChI=1S/C16H31N5O/c1-4-5-6-7-8-9-11-18-16(17)19-12-10-14-20-15(13(2)3)21-22-14/h13H,4-12H2,1-3H3,(H3,17,18,19). The first-order valence-electron chi connectivity index (χ1n) is 8.49. The van der Waals surface area contributed by atoms with Crippen LogP contribution in [0.2, 0.25) is 0 Å². The second kappa shape index (κ2) is 11.0. The zero-order chi connectivity index (χ0) is 16.2. The summed E-state index contributed by atoms with van der Waals surface area (Å²) in [5, 5.41) is 7.01. The molecule has 0 unspecified atom stereocenters. The minimum absolute atomic E-state index is 0.286. The van der Waals surface area contributed by atoms with Crippen LogP contribution in [0, 0.1) is 0 Å². The molecule has 1 aromatic rings. The Morgan fingerprint density at radius 2 is 1.95 bits per heavy atom. The van der Waals surface area contributed by atoms with Gasteiger partial charge in [0.1, 0.15) is 0 Å². The van der Waals surface area contributed by atoms with Gasteiger partial charge in [0.2, 0.25) is 5.89 Å². The fourth-order valence-electron chi connectivity index (χ4n) is 2.05. The van der Waals surface area contributed by atoms with E-state index in [0.29, 0.717) is 24.8 Å². The molecule has 0 spiro atoms. The van der Waals surface area contributed by atoms with Crippen molar-refractivity contribution in [3.05, 3.63) is 11.7 Å². The predicted molar refractivity (Wildman–Crippen MR) is 90.0 cm³/mol. The summed E-state index contributed by atoms with van der Waals surface area (Å²) in [5.74, 6) is 2.17. The number of rotatable bonds is 11. The maximum Gasteiger partial charge on any atom is 0.228 e. The second-order valence-corrected chi connectivity index (χ2v) is 5.91. The van der Waals surface area contributed by atoms with Crippen molar-refractivity contribution in [2.45, 2.75) is 71.6 Å².